The van der Waals surface area contributed by atoms with Crippen molar-refractivity contribution in [3.63, 3.8) is 0 Å². The zero-order valence-electron chi connectivity index (χ0n) is 20.7. The van der Waals surface area contributed by atoms with Crippen molar-refractivity contribution in [2.45, 2.75) is 38.4 Å². The summed E-state index contributed by atoms with van der Waals surface area (Å²) in [6, 6.07) is 5.14. The van der Waals surface area contributed by atoms with Crippen LogP contribution in [0.4, 0.5) is 0 Å². The molecule has 0 amide bonds. The monoisotopic (exact) mass is 542 g/mol. The second-order valence-corrected chi connectivity index (χ2v) is 12.7. The van der Waals surface area contributed by atoms with Gasteiger partial charge >= 0.3 is 5.69 Å². The van der Waals surface area contributed by atoms with Crippen LogP contribution in [0.1, 0.15) is 36.6 Å². The minimum absolute atomic E-state index is 0.209. The molecule has 1 aliphatic carbocycles. The van der Waals surface area contributed by atoms with E-state index in [2.05, 4.69) is 4.98 Å². The maximum absolute atomic E-state index is 13.6. The van der Waals surface area contributed by atoms with Crippen LogP contribution < -0.4 is 11.2 Å². The maximum atomic E-state index is 13.6. The molecule has 1 unspecified atom stereocenters. The zero-order valence-corrected chi connectivity index (χ0v) is 22.3. The largest absolute Gasteiger partial charge is 0.371 e. The molecule has 4 heterocycles. The average Bonchev–Trinajstić information content (AvgIpc) is 3.27. The fourth-order valence-electron chi connectivity index (χ4n) is 5.25. The Labute approximate surface area is 217 Å². The number of H-pyrrole nitrogens is 1. The molecule has 1 atom stereocenters. The number of nitrogens with one attached hydrogen (secondary N) is 1. The molecule has 1 fully saturated rings. The first-order chi connectivity index (χ1) is 17.5. The molecule has 0 bridgehead atoms. The molecular formula is C25H27ClN6O4S. The van der Waals surface area contributed by atoms with Crippen molar-refractivity contribution in [2.24, 2.45) is 13.0 Å². The van der Waals surface area contributed by atoms with Gasteiger partial charge in [0.25, 0.3) is 5.56 Å². The minimum atomic E-state index is -3.42. The Morgan fingerprint density at radius 2 is 1.95 bits per heavy atom. The van der Waals surface area contributed by atoms with Crippen molar-refractivity contribution in [1.82, 2.24) is 28.8 Å². The number of benzene rings is 1. The summed E-state index contributed by atoms with van der Waals surface area (Å²) in [5.41, 5.74) is 1.93. The van der Waals surface area contributed by atoms with Crippen LogP contribution >= 0.6 is 11.6 Å². The summed E-state index contributed by atoms with van der Waals surface area (Å²) < 4.78 is 29.2. The number of sulfone groups is 1. The highest BCUT2D eigenvalue weighted by atomic mass is 35.5. The number of rotatable bonds is 6. The highest BCUT2D eigenvalue weighted by Crippen LogP contribution is 2.38. The van der Waals surface area contributed by atoms with Crippen molar-refractivity contribution in [3.05, 3.63) is 72.6 Å². The van der Waals surface area contributed by atoms with Gasteiger partial charge in [0.2, 0.25) is 0 Å². The van der Waals surface area contributed by atoms with E-state index in [1.54, 1.807) is 22.5 Å². The van der Waals surface area contributed by atoms with E-state index in [-0.39, 0.29) is 6.42 Å². The number of fused-ring (bicyclic) bond motifs is 2. The molecule has 0 saturated heterocycles. The fourth-order valence-corrected chi connectivity index (χ4v) is 6.24. The van der Waals surface area contributed by atoms with Gasteiger partial charge in [-0.2, -0.15) is 5.10 Å². The summed E-state index contributed by atoms with van der Waals surface area (Å²) in [7, 11) is -0.144. The van der Waals surface area contributed by atoms with E-state index in [0.717, 1.165) is 33.9 Å². The van der Waals surface area contributed by atoms with Gasteiger partial charge in [-0.3, -0.25) is 18.6 Å². The molecule has 194 valence electrons. The van der Waals surface area contributed by atoms with Gasteiger partial charge in [0.1, 0.15) is 5.39 Å². The SMILES string of the molecule is CN1C=C(S(C)(=O)=O)CC1c1c2c(=O)n(C)c(=O)n(CC3CC3)c2nn1Cc1c[nH]c2ccc(Cl)cc12. The van der Waals surface area contributed by atoms with Gasteiger partial charge in [0.15, 0.2) is 15.5 Å². The van der Waals surface area contributed by atoms with Crippen molar-refractivity contribution < 1.29 is 8.42 Å². The normalized spacial score (nSPS) is 18.3. The van der Waals surface area contributed by atoms with Crippen LogP contribution in [0.5, 0.6) is 0 Å². The van der Waals surface area contributed by atoms with Gasteiger partial charge in [0.05, 0.1) is 23.2 Å². The summed E-state index contributed by atoms with van der Waals surface area (Å²) in [5.74, 6) is 0.385. The molecule has 10 nitrogen and oxygen atoms in total. The minimum Gasteiger partial charge on any atom is -0.371 e. The van der Waals surface area contributed by atoms with Crippen LogP contribution in [0.25, 0.3) is 21.9 Å². The molecule has 37 heavy (non-hydrogen) atoms. The van der Waals surface area contributed by atoms with Gasteiger partial charge in [-0.1, -0.05) is 11.6 Å². The summed E-state index contributed by atoms with van der Waals surface area (Å²) in [4.78, 5) is 32.1. The van der Waals surface area contributed by atoms with Gasteiger partial charge in [-0.25, -0.2) is 13.2 Å². The molecule has 1 aromatic carbocycles. The molecule has 12 heteroatoms. The third-order valence-electron chi connectivity index (χ3n) is 7.48. The molecule has 4 aromatic rings. The predicted octanol–water partition coefficient (Wildman–Crippen LogP) is 2.75. The fraction of sp³-hybridized carbons (Fsp3) is 0.400. The van der Waals surface area contributed by atoms with Crippen LogP contribution in [-0.2, 0) is 30.0 Å². The molecule has 1 aliphatic heterocycles. The number of aromatic amines is 1. The van der Waals surface area contributed by atoms with Gasteiger partial charge in [0, 0.05) is 61.6 Å². The first kappa shape index (κ1) is 24.1. The standard InChI is InChI=1S/C25H27ClN6O4S/c1-29-13-17(37(3,35)36)9-20(29)22-21-23(31(11-14-4-5-14)25(34)30(2)24(21)33)28-32(22)12-15-10-27-19-7-6-16(26)8-18(15)19/h6-8,10,13-14,20,27H,4-5,9,11-12H2,1-3H3. The molecule has 1 saturated carbocycles. The lowest BCUT2D eigenvalue weighted by Gasteiger charge is -2.22. The van der Waals surface area contributed by atoms with Gasteiger partial charge < -0.3 is 9.88 Å². The molecule has 6 rings (SSSR count). The Morgan fingerprint density at radius 1 is 1.19 bits per heavy atom. The van der Waals surface area contributed by atoms with Crippen molar-refractivity contribution in [2.75, 3.05) is 13.3 Å². The van der Waals surface area contributed by atoms with Crippen LogP contribution in [0.15, 0.2) is 45.1 Å². The van der Waals surface area contributed by atoms with Crippen LogP contribution in [-0.4, -0.2) is 50.5 Å². The molecule has 0 spiro atoms. The van der Waals surface area contributed by atoms with E-state index in [0.29, 0.717) is 45.7 Å². The Balaban J connectivity index is 1.59. The average molecular weight is 543 g/mol. The number of hydrogen-bond acceptors (Lipinski definition) is 6. The van der Waals surface area contributed by atoms with E-state index in [9.17, 15) is 18.0 Å². The molecule has 0 radical (unpaired) electrons. The Morgan fingerprint density at radius 3 is 2.62 bits per heavy atom. The molecule has 1 N–H and O–H groups in total. The topological polar surface area (TPSA) is 115 Å². The second-order valence-electron chi connectivity index (χ2n) is 10.2. The van der Waals surface area contributed by atoms with Gasteiger partial charge in [-0.05, 0) is 42.5 Å². The number of halogens is 1. The van der Waals surface area contributed by atoms with Crippen LogP contribution in [0.3, 0.4) is 0 Å². The zero-order chi connectivity index (χ0) is 26.2. The quantitative estimate of drug-likeness (QED) is 0.400. The van der Waals surface area contributed by atoms with E-state index < -0.39 is 27.1 Å². The lowest BCUT2D eigenvalue weighted by Crippen LogP contribution is -2.38. The van der Waals surface area contributed by atoms with E-state index in [4.69, 9.17) is 16.7 Å². The summed E-state index contributed by atoms with van der Waals surface area (Å²) in [5, 5.41) is 6.72. The lowest BCUT2D eigenvalue weighted by molar-refractivity contribution is 0.348. The van der Waals surface area contributed by atoms with Crippen molar-refractivity contribution >= 4 is 43.4 Å². The lowest BCUT2D eigenvalue weighted by atomic mass is 10.1. The maximum Gasteiger partial charge on any atom is 0.332 e. The van der Waals surface area contributed by atoms with E-state index in [1.807, 2.05) is 29.3 Å². The van der Waals surface area contributed by atoms with E-state index >= 15 is 0 Å². The highest BCUT2D eigenvalue weighted by Gasteiger charge is 2.35. The van der Waals surface area contributed by atoms with Gasteiger partial charge in [-0.15, -0.1) is 0 Å². The summed E-state index contributed by atoms with van der Waals surface area (Å²) in [6.07, 6.45) is 6.96. The molecule has 2 aliphatic rings. The van der Waals surface area contributed by atoms with Crippen LogP contribution in [0, 0.1) is 5.92 Å². The summed E-state index contributed by atoms with van der Waals surface area (Å²) >= 11 is 6.27. The van der Waals surface area contributed by atoms with Crippen molar-refractivity contribution in [3.8, 4) is 0 Å². The number of nitrogens with zero attached hydrogens (tertiary/aromatic N) is 5. The third-order valence-corrected chi connectivity index (χ3v) is 8.94. The van der Waals surface area contributed by atoms with Crippen LogP contribution in [0.2, 0.25) is 5.02 Å². The second kappa shape index (κ2) is 8.35. The predicted molar refractivity (Wildman–Crippen MR) is 142 cm³/mol. The Kier molecular flexibility index (Phi) is 5.43. The smallest absolute Gasteiger partial charge is 0.332 e. The van der Waals surface area contributed by atoms with E-state index in [1.165, 1.54) is 13.3 Å². The Bertz CT molecular complexity index is 1840. The number of hydrogen-bond donors (Lipinski definition) is 1. The molecular weight excluding hydrogens is 516 g/mol. The third kappa shape index (κ3) is 4.00. The van der Waals surface area contributed by atoms with Crippen molar-refractivity contribution in [1.29, 1.82) is 0 Å². The Hall–Kier alpha value is -3.31. The first-order valence-electron chi connectivity index (χ1n) is 12.1. The highest BCUT2D eigenvalue weighted by molar-refractivity contribution is 7.94. The molecule has 3 aromatic heterocycles. The summed E-state index contributed by atoms with van der Waals surface area (Å²) in [6.45, 7) is 0.805. The first-order valence-corrected chi connectivity index (χ1v) is 14.4. The number of aromatic nitrogens is 5.